The van der Waals surface area contributed by atoms with E-state index in [4.69, 9.17) is 11.6 Å². The molecular weight excluding hydrogens is 822 g/mol. The van der Waals surface area contributed by atoms with Gasteiger partial charge in [-0.15, -0.1) is 11.8 Å². The van der Waals surface area contributed by atoms with Gasteiger partial charge in [0.15, 0.2) is 11.0 Å². The van der Waals surface area contributed by atoms with Crippen LogP contribution in [0.5, 0.6) is 0 Å². The number of anilines is 4. The van der Waals surface area contributed by atoms with Crippen molar-refractivity contribution in [2.45, 2.75) is 56.0 Å². The van der Waals surface area contributed by atoms with E-state index in [1.807, 2.05) is 61.6 Å². The fourth-order valence-corrected chi connectivity index (χ4v) is 10.1. The van der Waals surface area contributed by atoms with Gasteiger partial charge in [-0.1, -0.05) is 61.0 Å². The SMILES string of the molecule is CCCn1c(C)c(C)c(-c2cccc(N3CCN(c4ccc(NS(=O)c5cc([N+](=O)[O-])ccc5NC(CCNC)CSc5ccccc5)cc4)CC3)c2)c1-c1ccc(Cl)cc1. The van der Waals surface area contributed by atoms with Gasteiger partial charge in [-0.2, -0.15) is 0 Å². The minimum atomic E-state index is -1.77. The predicted octanol–water partition coefficient (Wildman–Crippen LogP) is 11.1. The lowest BCUT2D eigenvalue weighted by Gasteiger charge is -2.37. The maximum absolute atomic E-state index is 13.9. The third-order valence-corrected chi connectivity index (χ3v) is 13.9. The summed E-state index contributed by atoms with van der Waals surface area (Å²) in [6.45, 7) is 11.9. The Morgan fingerprint density at radius 1 is 0.836 bits per heavy atom. The summed E-state index contributed by atoms with van der Waals surface area (Å²) in [5, 5.41) is 19.3. The molecule has 1 fully saturated rings. The molecule has 3 N–H and O–H groups in total. The first-order valence-electron chi connectivity index (χ1n) is 20.8. The van der Waals surface area contributed by atoms with E-state index in [0.29, 0.717) is 16.3 Å². The number of piperazine rings is 1. The Bertz CT molecular complexity index is 2440. The number of rotatable bonds is 18. The average molecular weight is 877 g/mol. The Morgan fingerprint density at radius 3 is 2.21 bits per heavy atom. The topological polar surface area (TPSA) is 108 Å². The quantitative estimate of drug-likeness (QED) is 0.0445. The van der Waals surface area contributed by atoms with Crippen LogP contribution in [0.4, 0.5) is 28.4 Å². The van der Waals surface area contributed by atoms with Crippen LogP contribution in [0.3, 0.4) is 0 Å². The van der Waals surface area contributed by atoms with Crippen LogP contribution in [0.2, 0.25) is 5.02 Å². The number of non-ortho nitro benzene ring substituents is 1. The number of nitrogens with zero attached hydrogens (tertiary/aromatic N) is 4. The van der Waals surface area contributed by atoms with E-state index in [9.17, 15) is 14.3 Å². The first-order chi connectivity index (χ1) is 29.6. The highest BCUT2D eigenvalue weighted by atomic mass is 35.5. The zero-order chi connectivity index (χ0) is 42.9. The lowest BCUT2D eigenvalue weighted by Crippen LogP contribution is -2.46. The first kappa shape index (κ1) is 43.8. The predicted molar refractivity (Wildman–Crippen MR) is 257 cm³/mol. The molecule has 1 aromatic heterocycles. The molecule has 13 heteroatoms. The molecule has 2 atom stereocenters. The molecule has 1 saturated heterocycles. The van der Waals surface area contributed by atoms with Crippen LogP contribution in [-0.2, 0) is 17.5 Å². The number of aromatic nitrogens is 1. The fraction of sp³-hybridized carbons (Fsp3) is 0.292. The Balaban J connectivity index is 1.02. The second kappa shape index (κ2) is 20.5. The maximum Gasteiger partial charge on any atom is 0.270 e. The summed E-state index contributed by atoms with van der Waals surface area (Å²) >= 11 is 8.04. The first-order valence-corrected chi connectivity index (χ1v) is 23.4. The minimum Gasteiger partial charge on any atom is -0.380 e. The average Bonchev–Trinajstić information content (AvgIpc) is 3.53. The van der Waals surface area contributed by atoms with E-state index in [0.717, 1.165) is 73.5 Å². The largest absolute Gasteiger partial charge is 0.380 e. The van der Waals surface area contributed by atoms with E-state index < -0.39 is 15.9 Å². The van der Waals surface area contributed by atoms with Crippen LogP contribution in [-0.4, -0.2) is 65.3 Å². The molecule has 5 aromatic carbocycles. The Kier molecular flexibility index (Phi) is 14.7. The summed E-state index contributed by atoms with van der Waals surface area (Å²) in [6.07, 6.45) is 1.86. The van der Waals surface area contributed by atoms with Crippen molar-refractivity contribution in [1.29, 1.82) is 0 Å². The van der Waals surface area contributed by atoms with Gasteiger partial charge in [0.2, 0.25) is 0 Å². The number of thioether (sulfide) groups is 1. The van der Waals surface area contributed by atoms with Gasteiger partial charge in [-0.05, 0) is 124 Å². The van der Waals surface area contributed by atoms with Crippen molar-refractivity contribution in [3.63, 3.8) is 0 Å². The van der Waals surface area contributed by atoms with Crippen molar-refractivity contribution in [2.75, 3.05) is 65.4 Å². The number of nitro groups is 1. The summed E-state index contributed by atoms with van der Waals surface area (Å²) in [5.41, 5.74) is 10.9. The smallest absolute Gasteiger partial charge is 0.270 e. The fourth-order valence-electron chi connectivity index (χ4n) is 7.96. The van der Waals surface area contributed by atoms with Crippen LogP contribution in [0, 0.1) is 24.0 Å². The molecule has 0 amide bonds. The van der Waals surface area contributed by atoms with Gasteiger partial charge in [0.25, 0.3) is 5.69 Å². The number of nitro benzene ring substituents is 1. The lowest BCUT2D eigenvalue weighted by atomic mass is 9.97. The third-order valence-electron chi connectivity index (χ3n) is 11.3. The molecular formula is C48H54ClN7O3S2. The Labute approximate surface area is 371 Å². The molecule has 1 aliphatic rings. The highest BCUT2D eigenvalue weighted by Crippen LogP contribution is 2.41. The summed E-state index contributed by atoms with van der Waals surface area (Å²) < 4.78 is 19.5. The molecule has 318 valence electrons. The van der Waals surface area contributed by atoms with Crippen LogP contribution in [0.15, 0.2) is 131 Å². The number of hydrogen-bond acceptors (Lipinski definition) is 8. The van der Waals surface area contributed by atoms with E-state index in [1.54, 1.807) is 17.8 Å². The minimum absolute atomic E-state index is 0.0262. The normalized spacial score (nSPS) is 13.9. The molecule has 10 nitrogen and oxygen atoms in total. The molecule has 2 unspecified atom stereocenters. The van der Waals surface area contributed by atoms with Gasteiger partial charge in [0.05, 0.1) is 21.2 Å². The van der Waals surface area contributed by atoms with Gasteiger partial charge in [0.1, 0.15) is 0 Å². The van der Waals surface area contributed by atoms with Crippen LogP contribution >= 0.6 is 23.4 Å². The van der Waals surface area contributed by atoms with Crippen molar-refractivity contribution < 1.29 is 9.13 Å². The standard InChI is InChI=1S/C48H54ClN7O3S2/c1-5-26-55-35(3)34(2)47(48(55)36-14-16-38(49)17-15-36)37-10-9-11-42(31-37)54-29-27-53(28-30-54)41-20-18-39(19-21-41)52-61(59)46-32-43(56(57)58)22-23-45(46)51-40(24-25-50-4)33-60-44-12-7-6-8-13-44/h6-23,31-32,40,50-52H,5,24-30,33H2,1-4H3. The van der Waals surface area contributed by atoms with E-state index >= 15 is 0 Å². The zero-order valence-electron chi connectivity index (χ0n) is 35.2. The Hall–Kier alpha value is -5.27. The van der Waals surface area contributed by atoms with Crippen LogP contribution in [0.25, 0.3) is 22.4 Å². The van der Waals surface area contributed by atoms with Crippen molar-refractivity contribution in [3.05, 3.63) is 148 Å². The summed E-state index contributed by atoms with van der Waals surface area (Å²) in [7, 11) is 0.143. The van der Waals surface area contributed by atoms with Crippen molar-refractivity contribution in [2.24, 2.45) is 0 Å². The van der Waals surface area contributed by atoms with Gasteiger partial charge < -0.3 is 29.7 Å². The summed E-state index contributed by atoms with van der Waals surface area (Å²) in [5.74, 6) is 0.767. The molecule has 7 rings (SSSR count). The molecule has 1 aliphatic heterocycles. The van der Waals surface area contributed by atoms with Crippen LogP contribution < -0.4 is 25.2 Å². The van der Waals surface area contributed by atoms with E-state index in [1.165, 1.54) is 51.5 Å². The van der Waals surface area contributed by atoms with E-state index in [-0.39, 0.29) is 11.7 Å². The third kappa shape index (κ3) is 10.6. The van der Waals surface area contributed by atoms with E-state index in [2.05, 4.69) is 99.0 Å². The van der Waals surface area contributed by atoms with Crippen molar-refractivity contribution >= 4 is 62.8 Å². The highest BCUT2D eigenvalue weighted by Gasteiger charge is 2.24. The molecule has 0 spiro atoms. The van der Waals surface area contributed by atoms with Crippen LogP contribution in [0.1, 0.15) is 31.0 Å². The number of nitrogens with one attached hydrogen (secondary N) is 3. The number of benzene rings is 5. The molecule has 0 bridgehead atoms. The Morgan fingerprint density at radius 2 is 1.54 bits per heavy atom. The highest BCUT2D eigenvalue weighted by molar-refractivity contribution is 7.99. The van der Waals surface area contributed by atoms with Gasteiger partial charge in [-0.25, -0.2) is 4.21 Å². The molecule has 6 aromatic rings. The summed E-state index contributed by atoms with van der Waals surface area (Å²) in [6, 6.07) is 39.8. The molecule has 0 radical (unpaired) electrons. The monoisotopic (exact) mass is 875 g/mol. The zero-order valence-corrected chi connectivity index (χ0v) is 37.6. The summed E-state index contributed by atoms with van der Waals surface area (Å²) in [4.78, 5) is 17.7. The maximum atomic E-state index is 13.9. The molecule has 2 heterocycles. The molecule has 61 heavy (non-hydrogen) atoms. The second-order valence-electron chi connectivity index (χ2n) is 15.3. The van der Waals surface area contributed by atoms with Gasteiger partial charge >= 0.3 is 0 Å². The van der Waals surface area contributed by atoms with Crippen molar-refractivity contribution in [3.8, 4) is 22.4 Å². The number of hydrogen-bond donors (Lipinski definition) is 3. The van der Waals surface area contributed by atoms with Gasteiger partial charge in [-0.3, -0.25) is 10.1 Å². The number of halogens is 1. The molecule has 0 saturated carbocycles. The second-order valence-corrected chi connectivity index (χ2v) is 18.0. The van der Waals surface area contributed by atoms with Crippen molar-refractivity contribution in [1.82, 2.24) is 9.88 Å². The lowest BCUT2D eigenvalue weighted by molar-refractivity contribution is -0.385. The molecule has 0 aliphatic carbocycles. The van der Waals surface area contributed by atoms with Gasteiger partial charge in [0, 0.05) is 94.9 Å².